The Balaban J connectivity index is 1.57. The Labute approximate surface area is 155 Å². The Kier molecular flexibility index (Phi) is 4.47. The first-order chi connectivity index (χ1) is 12.6. The summed E-state index contributed by atoms with van der Waals surface area (Å²) in [6.45, 7) is 0.222. The second kappa shape index (κ2) is 6.92. The van der Waals surface area contributed by atoms with Gasteiger partial charge in [-0.15, -0.1) is 0 Å². The number of hydrogen-bond donors (Lipinski definition) is 0. The Morgan fingerprint density at radius 1 is 1.19 bits per heavy atom. The average Bonchev–Trinajstić information content (AvgIpc) is 3.37. The fraction of sp³-hybridized carbons (Fsp3) is 0.200. The summed E-state index contributed by atoms with van der Waals surface area (Å²) >= 11 is 5.89. The summed E-state index contributed by atoms with van der Waals surface area (Å²) in [4.78, 5) is 14.6. The van der Waals surface area contributed by atoms with Crippen LogP contribution in [-0.4, -0.2) is 22.0 Å². The molecule has 0 spiro atoms. The summed E-state index contributed by atoms with van der Waals surface area (Å²) in [7, 11) is 0. The van der Waals surface area contributed by atoms with E-state index in [1.54, 1.807) is 53.4 Å². The number of rotatable bonds is 5. The Hall–Kier alpha value is -2.66. The van der Waals surface area contributed by atoms with Gasteiger partial charge in [-0.3, -0.25) is 4.79 Å². The fourth-order valence-electron chi connectivity index (χ4n) is 2.84. The van der Waals surface area contributed by atoms with E-state index >= 15 is 0 Å². The minimum Gasteiger partial charge on any atom is -0.355 e. The molecule has 1 aromatic heterocycles. The SMILES string of the molecule is O=C(c1cc(-c2ccc(Cl)cc2)on1)N(Cc1ccccc1F)C1CC1. The van der Waals surface area contributed by atoms with E-state index in [0.29, 0.717) is 16.3 Å². The molecular weight excluding hydrogens is 355 g/mol. The zero-order valence-corrected chi connectivity index (χ0v) is 14.6. The minimum atomic E-state index is -0.312. The molecule has 0 radical (unpaired) electrons. The van der Waals surface area contributed by atoms with Crippen molar-refractivity contribution in [2.24, 2.45) is 0 Å². The maximum Gasteiger partial charge on any atom is 0.276 e. The number of carbonyl (C=O) groups is 1. The number of halogens is 2. The molecule has 1 amide bonds. The van der Waals surface area contributed by atoms with E-state index in [0.717, 1.165) is 18.4 Å². The van der Waals surface area contributed by atoms with Crippen LogP contribution in [0.25, 0.3) is 11.3 Å². The molecule has 0 bridgehead atoms. The Morgan fingerprint density at radius 2 is 1.92 bits per heavy atom. The van der Waals surface area contributed by atoms with Crippen molar-refractivity contribution in [3.05, 3.63) is 76.7 Å². The predicted octanol–water partition coefficient (Wildman–Crippen LogP) is 4.94. The van der Waals surface area contributed by atoms with E-state index < -0.39 is 0 Å². The number of amides is 1. The summed E-state index contributed by atoms with van der Waals surface area (Å²) < 4.78 is 19.3. The molecule has 132 valence electrons. The molecule has 1 aliphatic carbocycles. The molecule has 4 nitrogen and oxygen atoms in total. The van der Waals surface area contributed by atoms with Crippen molar-refractivity contribution in [2.75, 3.05) is 0 Å². The Morgan fingerprint density at radius 3 is 2.62 bits per heavy atom. The third-order valence-corrected chi connectivity index (χ3v) is 4.66. The van der Waals surface area contributed by atoms with Crippen LogP contribution < -0.4 is 0 Å². The van der Waals surface area contributed by atoms with Crippen molar-refractivity contribution in [3.63, 3.8) is 0 Å². The molecule has 0 aliphatic heterocycles. The third-order valence-electron chi connectivity index (χ3n) is 4.41. The average molecular weight is 371 g/mol. The quantitative estimate of drug-likeness (QED) is 0.639. The molecule has 6 heteroatoms. The maximum atomic E-state index is 14.0. The van der Waals surface area contributed by atoms with Crippen LogP contribution in [-0.2, 0) is 6.54 Å². The van der Waals surface area contributed by atoms with E-state index in [1.807, 2.05) is 0 Å². The molecule has 3 aromatic rings. The van der Waals surface area contributed by atoms with Gasteiger partial charge in [-0.1, -0.05) is 35.0 Å². The molecule has 1 saturated carbocycles. The zero-order chi connectivity index (χ0) is 18.1. The second-order valence-corrected chi connectivity index (χ2v) is 6.78. The number of benzene rings is 2. The van der Waals surface area contributed by atoms with Crippen molar-refractivity contribution in [1.82, 2.24) is 10.1 Å². The summed E-state index contributed by atoms with van der Waals surface area (Å²) in [5.41, 5.74) is 1.50. The van der Waals surface area contributed by atoms with Gasteiger partial charge < -0.3 is 9.42 Å². The second-order valence-electron chi connectivity index (χ2n) is 6.34. The van der Waals surface area contributed by atoms with E-state index in [9.17, 15) is 9.18 Å². The summed E-state index contributed by atoms with van der Waals surface area (Å²) in [6.07, 6.45) is 1.84. The monoisotopic (exact) mass is 370 g/mol. The first-order valence-corrected chi connectivity index (χ1v) is 8.76. The highest BCUT2D eigenvalue weighted by Gasteiger charge is 2.34. The smallest absolute Gasteiger partial charge is 0.276 e. The van der Waals surface area contributed by atoms with Crippen molar-refractivity contribution in [2.45, 2.75) is 25.4 Å². The van der Waals surface area contributed by atoms with Crippen LogP contribution in [0.1, 0.15) is 28.9 Å². The predicted molar refractivity (Wildman–Crippen MR) is 96.2 cm³/mol. The van der Waals surface area contributed by atoms with Gasteiger partial charge in [0.25, 0.3) is 5.91 Å². The zero-order valence-electron chi connectivity index (χ0n) is 13.9. The van der Waals surface area contributed by atoms with Gasteiger partial charge in [0, 0.05) is 34.8 Å². The van der Waals surface area contributed by atoms with Crippen LogP contribution >= 0.6 is 11.6 Å². The largest absolute Gasteiger partial charge is 0.355 e. The third kappa shape index (κ3) is 3.48. The number of aromatic nitrogens is 1. The fourth-order valence-corrected chi connectivity index (χ4v) is 2.96. The first kappa shape index (κ1) is 16.8. The van der Waals surface area contributed by atoms with Gasteiger partial charge in [0.2, 0.25) is 0 Å². The lowest BCUT2D eigenvalue weighted by Gasteiger charge is -2.21. The molecule has 0 atom stereocenters. The molecule has 0 unspecified atom stereocenters. The highest BCUT2D eigenvalue weighted by Crippen LogP contribution is 2.31. The van der Waals surface area contributed by atoms with Crippen LogP contribution in [0.15, 0.2) is 59.1 Å². The lowest BCUT2D eigenvalue weighted by molar-refractivity contribution is 0.0718. The summed E-state index contributed by atoms with van der Waals surface area (Å²) in [5.74, 6) is -0.0701. The molecule has 0 N–H and O–H groups in total. The molecule has 1 aliphatic rings. The lowest BCUT2D eigenvalue weighted by atomic mass is 10.1. The van der Waals surface area contributed by atoms with Gasteiger partial charge in [-0.05, 0) is 43.2 Å². The molecule has 2 aromatic carbocycles. The molecule has 4 rings (SSSR count). The van der Waals surface area contributed by atoms with Gasteiger partial charge in [0.05, 0.1) is 0 Å². The van der Waals surface area contributed by atoms with Gasteiger partial charge in [-0.25, -0.2) is 4.39 Å². The van der Waals surface area contributed by atoms with Crippen LogP contribution in [0.4, 0.5) is 4.39 Å². The van der Waals surface area contributed by atoms with E-state index in [4.69, 9.17) is 16.1 Å². The molecule has 0 saturated heterocycles. The van der Waals surface area contributed by atoms with Gasteiger partial charge in [0.1, 0.15) is 5.82 Å². The van der Waals surface area contributed by atoms with Crippen molar-refractivity contribution < 1.29 is 13.7 Å². The molecular formula is C20H16ClFN2O2. The van der Waals surface area contributed by atoms with Crippen molar-refractivity contribution in [1.29, 1.82) is 0 Å². The number of hydrogen-bond acceptors (Lipinski definition) is 3. The molecule has 1 fully saturated rings. The number of carbonyl (C=O) groups excluding carboxylic acids is 1. The Bertz CT molecular complexity index is 935. The van der Waals surface area contributed by atoms with E-state index in [1.165, 1.54) is 6.07 Å². The normalized spacial score (nSPS) is 13.6. The number of nitrogens with zero attached hydrogens (tertiary/aromatic N) is 2. The van der Waals surface area contributed by atoms with Crippen LogP contribution in [0.5, 0.6) is 0 Å². The van der Waals surface area contributed by atoms with Crippen LogP contribution in [0.2, 0.25) is 5.02 Å². The van der Waals surface area contributed by atoms with Gasteiger partial charge >= 0.3 is 0 Å². The van der Waals surface area contributed by atoms with Gasteiger partial charge in [0.15, 0.2) is 11.5 Å². The highest BCUT2D eigenvalue weighted by molar-refractivity contribution is 6.30. The molecule has 26 heavy (non-hydrogen) atoms. The van der Waals surface area contributed by atoms with Crippen LogP contribution in [0.3, 0.4) is 0 Å². The van der Waals surface area contributed by atoms with E-state index in [-0.39, 0.29) is 30.0 Å². The standard InChI is InChI=1S/C20H16ClFN2O2/c21-15-7-5-13(6-8-15)19-11-18(23-26-19)20(25)24(16-9-10-16)12-14-3-1-2-4-17(14)22/h1-8,11,16H,9-10,12H2. The summed E-state index contributed by atoms with van der Waals surface area (Å²) in [6, 6.07) is 15.3. The van der Waals surface area contributed by atoms with Crippen LogP contribution in [0, 0.1) is 5.82 Å². The van der Waals surface area contributed by atoms with E-state index in [2.05, 4.69) is 5.16 Å². The maximum absolute atomic E-state index is 14.0. The molecule has 1 heterocycles. The first-order valence-electron chi connectivity index (χ1n) is 8.39. The van der Waals surface area contributed by atoms with Crippen molar-refractivity contribution in [3.8, 4) is 11.3 Å². The van der Waals surface area contributed by atoms with Crippen molar-refractivity contribution >= 4 is 17.5 Å². The summed E-state index contributed by atoms with van der Waals surface area (Å²) in [5, 5.41) is 4.54. The minimum absolute atomic E-state index is 0.123. The highest BCUT2D eigenvalue weighted by atomic mass is 35.5. The lowest BCUT2D eigenvalue weighted by Crippen LogP contribution is -2.33. The topological polar surface area (TPSA) is 46.3 Å². The van der Waals surface area contributed by atoms with Gasteiger partial charge in [-0.2, -0.15) is 0 Å².